The smallest absolute Gasteiger partial charge is 0.224 e. The summed E-state index contributed by atoms with van der Waals surface area (Å²) < 4.78 is 10.3. The first-order valence-corrected chi connectivity index (χ1v) is 5.98. The fourth-order valence-corrected chi connectivity index (χ4v) is 1.76. The van der Waals surface area contributed by atoms with Crippen molar-refractivity contribution in [2.75, 3.05) is 7.11 Å². The third kappa shape index (κ3) is 3.58. The van der Waals surface area contributed by atoms with Crippen molar-refractivity contribution in [1.82, 2.24) is 10.3 Å². The van der Waals surface area contributed by atoms with Gasteiger partial charge in [-0.05, 0) is 6.07 Å². The molecule has 100 valence electrons. The molecule has 0 unspecified atom stereocenters. The first-order chi connectivity index (χ1) is 9.19. The fourth-order valence-electron chi connectivity index (χ4n) is 1.76. The summed E-state index contributed by atoms with van der Waals surface area (Å²) in [5.41, 5.74) is 1.57. The average Bonchev–Trinajstić information content (AvgIpc) is 2.83. The van der Waals surface area contributed by atoms with E-state index in [0.29, 0.717) is 18.1 Å². The van der Waals surface area contributed by atoms with E-state index in [4.69, 9.17) is 9.15 Å². The van der Waals surface area contributed by atoms with Crippen LogP contribution >= 0.6 is 0 Å². The topological polar surface area (TPSA) is 64.4 Å². The zero-order chi connectivity index (χ0) is 13.7. The Labute approximate surface area is 111 Å². The van der Waals surface area contributed by atoms with Crippen LogP contribution in [0.15, 0.2) is 34.9 Å². The summed E-state index contributed by atoms with van der Waals surface area (Å²) in [7, 11) is 1.59. The van der Waals surface area contributed by atoms with Crippen LogP contribution in [0.4, 0.5) is 0 Å². The van der Waals surface area contributed by atoms with Crippen molar-refractivity contribution in [2.45, 2.75) is 19.9 Å². The molecular weight excluding hydrogens is 244 g/mol. The SMILES string of the molecule is COc1ccccc1CC(=O)NCc1coc(C)n1. The van der Waals surface area contributed by atoms with Gasteiger partial charge in [-0.3, -0.25) is 4.79 Å². The fraction of sp³-hybridized carbons (Fsp3) is 0.286. The zero-order valence-electron chi connectivity index (χ0n) is 11.0. The first-order valence-electron chi connectivity index (χ1n) is 5.98. The standard InChI is InChI=1S/C14H16N2O3/c1-10-16-12(9-19-10)8-15-14(17)7-11-5-3-4-6-13(11)18-2/h3-6,9H,7-8H2,1-2H3,(H,15,17). The second-order valence-corrected chi connectivity index (χ2v) is 4.12. The second kappa shape index (κ2) is 6.04. The van der Waals surface area contributed by atoms with Crippen LogP contribution < -0.4 is 10.1 Å². The average molecular weight is 260 g/mol. The number of carbonyl (C=O) groups excluding carboxylic acids is 1. The summed E-state index contributed by atoms with van der Waals surface area (Å²) in [5.74, 6) is 1.23. The van der Waals surface area contributed by atoms with Gasteiger partial charge in [-0.15, -0.1) is 0 Å². The van der Waals surface area contributed by atoms with Crippen LogP contribution in [0.5, 0.6) is 5.75 Å². The van der Waals surface area contributed by atoms with Crippen molar-refractivity contribution in [2.24, 2.45) is 0 Å². The van der Waals surface area contributed by atoms with Crippen molar-refractivity contribution in [3.05, 3.63) is 47.7 Å². The van der Waals surface area contributed by atoms with Gasteiger partial charge in [-0.2, -0.15) is 0 Å². The molecule has 0 radical (unpaired) electrons. The Morgan fingerprint density at radius 3 is 2.89 bits per heavy atom. The highest BCUT2D eigenvalue weighted by molar-refractivity contribution is 5.79. The predicted octanol–water partition coefficient (Wildman–Crippen LogP) is 1.85. The minimum absolute atomic E-state index is 0.0786. The lowest BCUT2D eigenvalue weighted by Crippen LogP contribution is -2.24. The number of aryl methyl sites for hydroxylation is 1. The van der Waals surface area contributed by atoms with Crippen molar-refractivity contribution in [3.63, 3.8) is 0 Å². The maximum Gasteiger partial charge on any atom is 0.224 e. The summed E-state index contributed by atoms with van der Waals surface area (Å²) in [6.45, 7) is 2.13. The highest BCUT2D eigenvalue weighted by Gasteiger charge is 2.08. The Balaban J connectivity index is 1.90. The lowest BCUT2D eigenvalue weighted by atomic mass is 10.1. The molecule has 0 saturated heterocycles. The minimum Gasteiger partial charge on any atom is -0.496 e. The normalized spacial score (nSPS) is 10.2. The minimum atomic E-state index is -0.0786. The Hall–Kier alpha value is -2.30. The molecule has 0 aliphatic rings. The van der Waals surface area contributed by atoms with Gasteiger partial charge in [0.1, 0.15) is 12.0 Å². The van der Waals surface area contributed by atoms with Gasteiger partial charge in [0, 0.05) is 12.5 Å². The van der Waals surface area contributed by atoms with Crippen LogP contribution in [0, 0.1) is 6.92 Å². The van der Waals surface area contributed by atoms with Crippen LogP contribution in [0.3, 0.4) is 0 Å². The van der Waals surface area contributed by atoms with Crippen LogP contribution in [-0.2, 0) is 17.8 Å². The van der Waals surface area contributed by atoms with Gasteiger partial charge in [0.25, 0.3) is 0 Å². The molecule has 1 amide bonds. The lowest BCUT2D eigenvalue weighted by Gasteiger charge is -2.08. The van der Waals surface area contributed by atoms with Crippen molar-refractivity contribution < 1.29 is 13.9 Å². The first kappa shape index (κ1) is 13.1. The molecule has 0 saturated carbocycles. The summed E-state index contributed by atoms with van der Waals surface area (Å²) in [4.78, 5) is 16.0. The number of aromatic nitrogens is 1. The molecule has 0 fully saturated rings. The van der Waals surface area contributed by atoms with Gasteiger partial charge in [-0.1, -0.05) is 18.2 Å². The number of hydrogen-bond acceptors (Lipinski definition) is 4. The highest BCUT2D eigenvalue weighted by Crippen LogP contribution is 2.17. The number of nitrogens with one attached hydrogen (secondary N) is 1. The molecule has 0 bridgehead atoms. The van der Waals surface area contributed by atoms with Crippen molar-refractivity contribution >= 4 is 5.91 Å². The van der Waals surface area contributed by atoms with E-state index in [1.165, 1.54) is 0 Å². The van der Waals surface area contributed by atoms with E-state index < -0.39 is 0 Å². The Bertz CT molecular complexity index is 563. The third-order valence-corrected chi connectivity index (χ3v) is 2.68. The number of amides is 1. The van der Waals surface area contributed by atoms with Crippen LogP contribution in [0.1, 0.15) is 17.1 Å². The number of hydrogen-bond donors (Lipinski definition) is 1. The number of ether oxygens (including phenoxy) is 1. The number of benzene rings is 1. The quantitative estimate of drug-likeness (QED) is 0.891. The Morgan fingerprint density at radius 1 is 1.42 bits per heavy atom. The van der Waals surface area contributed by atoms with E-state index in [1.807, 2.05) is 24.3 Å². The Morgan fingerprint density at radius 2 is 2.21 bits per heavy atom. The number of para-hydroxylation sites is 1. The Kier molecular flexibility index (Phi) is 4.18. The summed E-state index contributed by atoms with van der Waals surface area (Å²) in [6.07, 6.45) is 1.82. The van der Waals surface area contributed by atoms with E-state index in [0.717, 1.165) is 11.3 Å². The molecule has 1 heterocycles. The molecule has 19 heavy (non-hydrogen) atoms. The number of rotatable bonds is 5. The summed E-state index contributed by atoms with van der Waals surface area (Å²) in [6, 6.07) is 7.47. The molecule has 0 spiro atoms. The third-order valence-electron chi connectivity index (χ3n) is 2.68. The highest BCUT2D eigenvalue weighted by atomic mass is 16.5. The van der Waals surface area contributed by atoms with Crippen LogP contribution in [0.25, 0.3) is 0 Å². The maximum absolute atomic E-state index is 11.8. The second-order valence-electron chi connectivity index (χ2n) is 4.12. The van der Waals surface area contributed by atoms with Gasteiger partial charge in [0.15, 0.2) is 5.89 Å². The molecule has 1 aromatic heterocycles. The van der Waals surface area contributed by atoms with Crippen molar-refractivity contribution in [3.8, 4) is 5.75 Å². The molecule has 5 heteroatoms. The van der Waals surface area contributed by atoms with Gasteiger partial charge >= 0.3 is 0 Å². The molecule has 5 nitrogen and oxygen atoms in total. The predicted molar refractivity (Wildman–Crippen MR) is 69.8 cm³/mol. The van der Waals surface area contributed by atoms with E-state index in [1.54, 1.807) is 20.3 Å². The molecular formula is C14H16N2O3. The van der Waals surface area contributed by atoms with E-state index in [9.17, 15) is 4.79 Å². The number of oxazole rings is 1. The largest absolute Gasteiger partial charge is 0.496 e. The summed E-state index contributed by atoms with van der Waals surface area (Å²) in [5, 5.41) is 2.80. The van der Waals surface area contributed by atoms with Crippen molar-refractivity contribution in [1.29, 1.82) is 0 Å². The molecule has 0 aliphatic carbocycles. The summed E-state index contributed by atoms with van der Waals surface area (Å²) >= 11 is 0. The molecule has 0 atom stereocenters. The molecule has 1 aromatic carbocycles. The van der Waals surface area contributed by atoms with Crippen LogP contribution in [-0.4, -0.2) is 18.0 Å². The molecule has 0 aliphatic heterocycles. The van der Waals surface area contributed by atoms with Gasteiger partial charge in [-0.25, -0.2) is 4.98 Å². The molecule has 2 rings (SSSR count). The van der Waals surface area contributed by atoms with E-state index in [-0.39, 0.29) is 12.3 Å². The van der Waals surface area contributed by atoms with Gasteiger partial charge in [0.2, 0.25) is 5.91 Å². The number of nitrogens with zero attached hydrogens (tertiary/aromatic N) is 1. The molecule has 2 aromatic rings. The van der Waals surface area contributed by atoms with E-state index in [2.05, 4.69) is 10.3 Å². The number of carbonyl (C=O) groups is 1. The van der Waals surface area contributed by atoms with Gasteiger partial charge < -0.3 is 14.5 Å². The maximum atomic E-state index is 11.8. The molecule has 1 N–H and O–H groups in total. The van der Waals surface area contributed by atoms with Crippen LogP contribution in [0.2, 0.25) is 0 Å². The van der Waals surface area contributed by atoms with E-state index >= 15 is 0 Å². The lowest BCUT2D eigenvalue weighted by molar-refractivity contribution is -0.120. The monoisotopic (exact) mass is 260 g/mol. The number of methoxy groups -OCH3 is 1. The van der Waals surface area contributed by atoms with Gasteiger partial charge in [0.05, 0.1) is 25.8 Å². The zero-order valence-corrected chi connectivity index (χ0v) is 11.0.